The van der Waals surface area contributed by atoms with Gasteiger partial charge in [0.05, 0.1) is 12.2 Å². The van der Waals surface area contributed by atoms with E-state index < -0.39 is 6.23 Å². The lowest BCUT2D eigenvalue weighted by Crippen LogP contribution is -2.35. The minimum absolute atomic E-state index is 0.283. The Morgan fingerprint density at radius 1 is 1.50 bits per heavy atom. The number of rotatable bonds is 7. The molecule has 0 bridgehead atoms. The molecular weight excluding hydrogens is 196 g/mol. The van der Waals surface area contributed by atoms with E-state index >= 15 is 0 Å². The molecule has 84 valence electrons. The summed E-state index contributed by atoms with van der Waals surface area (Å²) in [5, 5.41) is 9.77. The third kappa shape index (κ3) is 5.50. The summed E-state index contributed by atoms with van der Waals surface area (Å²) in [6.07, 6.45) is 2.28. The zero-order chi connectivity index (χ0) is 11.0. The molecule has 0 saturated carbocycles. The molecule has 0 radical (unpaired) electrons. The molecule has 2 atom stereocenters. The number of aliphatic hydroxyl groups is 1. The SMILES string of the molecule is CCSC/N=C\N(C)C(O)[C@@H](C)CC. The van der Waals surface area contributed by atoms with Crippen LogP contribution in [0.5, 0.6) is 0 Å². The van der Waals surface area contributed by atoms with E-state index in [-0.39, 0.29) is 5.92 Å². The Morgan fingerprint density at radius 3 is 2.64 bits per heavy atom. The van der Waals surface area contributed by atoms with E-state index in [0.29, 0.717) is 0 Å². The first-order valence-electron chi connectivity index (χ1n) is 5.11. The van der Waals surface area contributed by atoms with Gasteiger partial charge in [-0.15, -0.1) is 11.8 Å². The van der Waals surface area contributed by atoms with Crippen molar-refractivity contribution in [1.82, 2.24) is 4.90 Å². The second kappa shape index (κ2) is 8.12. The van der Waals surface area contributed by atoms with Gasteiger partial charge in [0, 0.05) is 13.0 Å². The predicted octanol–water partition coefficient (Wildman–Crippen LogP) is 2.02. The molecule has 0 aromatic carbocycles. The maximum absolute atomic E-state index is 9.77. The minimum atomic E-state index is -0.421. The van der Waals surface area contributed by atoms with Gasteiger partial charge in [-0.2, -0.15) is 0 Å². The number of hydrogen-bond donors (Lipinski definition) is 1. The van der Waals surface area contributed by atoms with Crippen LogP contribution in [0.4, 0.5) is 0 Å². The number of nitrogens with zero attached hydrogens (tertiary/aromatic N) is 2. The molecule has 0 aromatic rings. The van der Waals surface area contributed by atoms with E-state index in [0.717, 1.165) is 18.1 Å². The fourth-order valence-corrected chi connectivity index (χ4v) is 1.34. The number of aliphatic hydroxyl groups excluding tert-OH is 1. The van der Waals surface area contributed by atoms with E-state index in [1.807, 2.05) is 14.0 Å². The molecule has 1 unspecified atom stereocenters. The second-order valence-electron chi connectivity index (χ2n) is 3.38. The topological polar surface area (TPSA) is 35.8 Å². The fourth-order valence-electron chi connectivity index (χ4n) is 0.987. The lowest BCUT2D eigenvalue weighted by molar-refractivity contribution is 0.0230. The maximum Gasteiger partial charge on any atom is 0.129 e. The molecule has 0 heterocycles. The summed E-state index contributed by atoms with van der Waals surface area (Å²) < 4.78 is 0. The van der Waals surface area contributed by atoms with Gasteiger partial charge in [0.25, 0.3) is 0 Å². The Morgan fingerprint density at radius 2 is 2.14 bits per heavy atom. The highest BCUT2D eigenvalue weighted by molar-refractivity contribution is 7.99. The van der Waals surface area contributed by atoms with Gasteiger partial charge in [-0.25, -0.2) is 0 Å². The van der Waals surface area contributed by atoms with Gasteiger partial charge in [-0.3, -0.25) is 4.99 Å². The zero-order valence-electron chi connectivity index (χ0n) is 9.60. The molecule has 0 rings (SSSR count). The standard InChI is InChI=1S/C10H22N2OS/c1-5-9(3)10(13)12(4)7-11-8-14-6-2/h7,9-10,13H,5-6,8H2,1-4H3/b11-7-/t9-,10?/m0/s1. The predicted molar refractivity (Wildman–Crippen MR) is 64.7 cm³/mol. The second-order valence-corrected chi connectivity index (χ2v) is 4.63. The molecule has 0 saturated heterocycles. The van der Waals surface area contributed by atoms with E-state index in [9.17, 15) is 5.11 Å². The molecule has 0 aliphatic heterocycles. The molecule has 0 spiro atoms. The first kappa shape index (κ1) is 13.8. The van der Waals surface area contributed by atoms with Gasteiger partial charge in [0.2, 0.25) is 0 Å². The molecular formula is C10H22N2OS. The molecule has 14 heavy (non-hydrogen) atoms. The lowest BCUT2D eigenvalue weighted by Gasteiger charge is -2.25. The van der Waals surface area contributed by atoms with Crippen molar-refractivity contribution >= 4 is 18.1 Å². The van der Waals surface area contributed by atoms with Crippen LogP contribution >= 0.6 is 11.8 Å². The van der Waals surface area contributed by atoms with Crippen molar-refractivity contribution in [3.05, 3.63) is 0 Å². The summed E-state index contributed by atoms with van der Waals surface area (Å²) >= 11 is 1.77. The highest BCUT2D eigenvalue weighted by Gasteiger charge is 2.14. The monoisotopic (exact) mass is 218 g/mol. The van der Waals surface area contributed by atoms with Crippen LogP contribution in [0.3, 0.4) is 0 Å². The summed E-state index contributed by atoms with van der Waals surface area (Å²) in [6.45, 7) is 6.22. The van der Waals surface area contributed by atoms with Crippen LogP contribution in [0, 0.1) is 5.92 Å². The van der Waals surface area contributed by atoms with Crippen LogP contribution in [-0.2, 0) is 0 Å². The summed E-state index contributed by atoms with van der Waals surface area (Å²) in [5.41, 5.74) is 0. The molecule has 0 amide bonds. The lowest BCUT2D eigenvalue weighted by atomic mass is 10.1. The van der Waals surface area contributed by atoms with Crippen LogP contribution in [0.25, 0.3) is 0 Å². The quantitative estimate of drug-likeness (QED) is 0.307. The van der Waals surface area contributed by atoms with E-state index in [1.54, 1.807) is 23.0 Å². The van der Waals surface area contributed by atoms with Crippen molar-refractivity contribution in [2.45, 2.75) is 33.4 Å². The fraction of sp³-hybridized carbons (Fsp3) is 0.900. The maximum atomic E-state index is 9.77. The molecule has 0 aliphatic rings. The van der Waals surface area contributed by atoms with Gasteiger partial charge < -0.3 is 10.0 Å². The molecule has 0 aliphatic carbocycles. The van der Waals surface area contributed by atoms with Crippen molar-refractivity contribution < 1.29 is 5.11 Å². The third-order valence-corrected chi connectivity index (χ3v) is 2.94. The van der Waals surface area contributed by atoms with Crippen molar-refractivity contribution in [3.63, 3.8) is 0 Å². The Balaban J connectivity index is 3.81. The molecule has 0 fully saturated rings. The number of thioether (sulfide) groups is 1. The van der Waals surface area contributed by atoms with Gasteiger partial charge in [-0.1, -0.05) is 20.8 Å². The van der Waals surface area contributed by atoms with Gasteiger partial charge in [0.1, 0.15) is 6.23 Å². The van der Waals surface area contributed by atoms with Gasteiger partial charge in [-0.05, 0) is 12.2 Å². The van der Waals surface area contributed by atoms with E-state index in [4.69, 9.17) is 0 Å². The highest BCUT2D eigenvalue weighted by atomic mass is 32.2. The average Bonchev–Trinajstić information content (AvgIpc) is 2.21. The molecule has 3 nitrogen and oxygen atoms in total. The van der Waals surface area contributed by atoms with Crippen LogP contribution in [0.1, 0.15) is 27.2 Å². The highest BCUT2D eigenvalue weighted by Crippen LogP contribution is 2.09. The largest absolute Gasteiger partial charge is 0.373 e. The summed E-state index contributed by atoms with van der Waals surface area (Å²) in [5.74, 6) is 2.13. The Hall–Kier alpha value is -0.220. The third-order valence-electron chi connectivity index (χ3n) is 2.20. The number of hydrogen-bond acceptors (Lipinski definition) is 3. The van der Waals surface area contributed by atoms with Gasteiger partial charge in [0.15, 0.2) is 0 Å². The molecule has 0 aromatic heterocycles. The molecule has 1 N–H and O–H groups in total. The minimum Gasteiger partial charge on any atom is -0.373 e. The summed E-state index contributed by atoms with van der Waals surface area (Å²) in [4.78, 5) is 5.97. The summed E-state index contributed by atoms with van der Waals surface area (Å²) in [7, 11) is 1.86. The smallest absolute Gasteiger partial charge is 0.129 e. The summed E-state index contributed by atoms with van der Waals surface area (Å²) in [6, 6.07) is 0. The van der Waals surface area contributed by atoms with Crippen molar-refractivity contribution in [2.24, 2.45) is 10.9 Å². The number of aliphatic imine (C=N–C) groups is 1. The van der Waals surface area contributed by atoms with Crippen LogP contribution in [0.15, 0.2) is 4.99 Å². The average molecular weight is 218 g/mol. The zero-order valence-corrected chi connectivity index (χ0v) is 10.4. The Bertz CT molecular complexity index is 164. The van der Waals surface area contributed by atoms with Crippen molar-refractivity contribution in [3.8, 4) is 0 Å². The van der Waals surface area contributed by atoms with Crippen molar-refractivity contribution in [2.75, 3.05) is 18.7 Å². The van der Waals surface area contributed by atoms with Crippen LogP contribution in [-0.4, -0.2) is 41.3 Å². The van der Waals surface area contributed by atoms with Crippen molar-refractivity contribution in [1.29, 1.82) is 0 Å². The first-order valence-corrected chi connectivity index (χ1v) is 6.26. The van der Waals surface area contributed by atoms with Crippen LogP contribution in [0.2, 0.25) is 0 Å². The Kier molecular flexibility index (Phi) is 7.99. The first-order chi connectivity index (χ1) is 6.63. The van der Waals surface area contributed by atoms with E-state index in [2.05, 4.69) is 18.8 Å². The van der Waals surface area contributed by atoms with Gasteiger partial charge >= 0.3 is 0 Å². The Labute approximate surface area is 91.6 Å². The molecule has 4 heteroatoms. The van der Waals surface area contributed by atoms with Crippen LogP contribution < -0.4 is 0 Å². The van der Waals surface area contributed by atoms with E-state index in [1.165, 1.54) is 0 Å². The normalized spacial score (nSPS) is 15.8.